The number of unbranched alkanes of at least 4 members (excludes halogenated alkanes) is 17. The summed E-state index contributed by atoms with van der Waals surface area (Å²) in [6, 6.07) is 0. The SMILES string of the molecule is CC[N+](CC)(CC)CCCCCCCCCC[N+](CC)(CC)CCCCCC[N+](CC)(CC)CCCCCCCCCC[N+](CC)(CC)CC. The summed E-state index contributed by atoms with van der Waals surface area (Å²) in [4.78, 5) is 0. The molecule has 0 rings (SSSR count). The van der Waals surface area contributed by atoms with Gasteiger partial charge in [0.1, 0.15) is 0 Å². The van der Waals surface area contributed by atoms with Gasteiger partial charge in [-0.05, 0) is 146 Å². The highest BCUT2D eigenvalue weighted by atomic mass is 15.4. The highest BCUT2D eigenvalue weighted by molar-refractivity contribution is 4.53. The number of rotatable bonds is 39. The van der Waals surface area contributed by atoms with Crippen LogP contribution in [0.5, 0.6) is 0 Å². The second-order valence-corrected chi connectivity index (χ2v) is 16.9. The van der Waals surface area contributed by atoms with E-state index < -0.39 is 0 Å². The summed E-state index contributed by atoms with van der Waals surface area (Å²) < 4.78 is 5.38. The molecule has 0 saturated carbocycles. The molecule has 0 N–H and O–H groups in total. The van der Waals surface area contributed by atoms with E-state index in [1.807, 2.05) is 0 Å². The van der Waals surface area contributed by atoms with Crippen LogP contribution in [0.15, 0.2) is 0 Å². The van der Waals surface area contributed by atoms with Crippen molar-refractivity contribution in [1.82, 2.24) is 0 Å². The largest absolute Gasteiger partial charge is 0.324 e. The van der Waals surface area contributed by atoms with Gasteiger partial charge in [0.25, 0.3) is 0 Å². The third kappa shape index (κ3) is 20.9. The first kappa shape index (κ1) is 49.8. The van der Waals surface area contributed by atoms with Crippen molar-refractivity contribution >= 4 is 0 Å². The van der Waals surface area contributed by atoms with Crippen molar-refractivity contribution in [2.75, 3.05) is 105 Å². The molecule has 0 aromatic carbocycles. The van der Waals surface area contributed by atoms with Crippen molar-refractivity contribution in [1.29, 1.82) is 0 Å². The summed E-state index contributed by atoms with van der Waals surface area (Å²) in [5.74, 6) is 0. The molecule has 0 fully saturated rings. The zero-order valence-electron chi connectivity index (χ0n) is 37.2. The van der Waals surface area contributed by atoms with Crippen molar-refractivity contribution in [3.63, 3.8) is 0 Å². The predicted octanol–water partition coefficient (Wildman–Crippen LogP) is 12.3. The molecule has 0 bridgehead atoms. The standard InChI is InChI=1S/C46H102N4/c1-11-47(12-2,13-3)41-35-29-25-21-23-27-31-37-43-49(17-7,18-8)45-39-33-34-40-46-50(19-9,20-10)44-38-32-28-24-22-26-30-36-42-48(14-4,15-5)16-6/h11-46H2,1-10H3/q+4. The molecule has 0 saturated heterocycles. The fraction of sp³-hybridized carbons (Fsp3) is 1.00. The normalized spacial score (nSPS) is 13.1. The molecular weight excluding hydrogens is 609 g/mol. The first-order valence-electron chi connectivity index (χ1n) is 23.6. The molecule has 0 atom stereocenters. The highest BCUT2D eigenvalue weighted by Crippen LogP contribution is 2.19. The lowest BCUT2D eigenvalue weighted by Crippen LogP contribution is -2.49. The Labute approximate surface area is 319 Å². The quantitative estimate of drug-likeness (QED) is 0.0440. The molecule has 50 heavy (non-hydrogen) atoms. The minimum Gasteiger partial charge on any atom is -0.324 e. The van der Waals surface area contributed by atoms with Crippen LogP contribution in [0.3, 0.4) is 0 Å². The monoisotopic (exact) mass is 711 g/mol. The zero-order chi connectivity index (χ0) is 37.5. The Morgan fingerprint density at radius 1 is 0.160 bits per heavy atom. The summed E-state index contributed by atoms with van der Waals surface area (Å²) in [6.07, 6.45) is 28.9. The lowest BCUT2D eigenvalue weighted by Gasteiger charge is -2.38. The Hall–Kier alpha value is -0.160. The third-order valence-electron chi connectivity index (χ3n) is 14.8. The van der Waals surface area contributed by atoms with Gasteiger partial charge in [-0.1, -0.05) is 51.4 Å². The first-order chi connectivity index (χ1) is 24.2. The van der Waals surface area contributed by atoms with E-state index in [0.29, 0.717) is 0 Å². The molecule has 0 aliphatic heterocycles. The van der Waals surface area contributed by atoms with E-state index in [1.165, 1.54) is 251 Å². The molecule has 0 aliphatic carbocycles. The average Bonchev–Trinajstić information content (AvgIpc) is 3.16. The van der Waals surface area contributed by atoms with Crippen LogP contribution >= 0.6 is 0 Å². The third-order valence-corrected chi connectivity index (χ3v) is 14.8. The van der Waals surface area contributed by atoms with Crippen molar-refractivity contribution < 1.29 is 17.9 Å². The summed E-state index contributed by atoms with van der Waals surface area (Å²) in [5, 5.41) is 0. The topological polar surface area (TPSA) is 0 Å². The maximum Gasteiger partial charge on any atom is 0.0786 e. The van der Waals surface area contributed by atoms with E-state index in [4.69, 9.17) is 0 Å². The van der Waals surface area contributed by atoms with Crippen LogP contribution in [0.4, 0.5) is 0 Å². The van der Waals surface area contributed by atoms with Crippen molar-refractivity contribution in [2.45, 2.75) is 198 Å². The Morgan fingerprint density at radius 2 is 0.280 bits per heavy atom. The number of nitrogens with zero attached hydrogens (tertiary/aromatic N) is 4. The van der Waals surface area contributed by atoms with Gasteiger partial charge in [-0.15, -0.1) is 0 Å². The number of quaternary nitrogens is 4. The lowest BCUT2D eigenvalue weighted by molar-refractivity contribution is -0.926. The van der Waals surface area contributed by atoms with E-state index in [0.717, 1.165) is 0 Å². The van der Waals surface area contributed by atoms with E-state index >= 15 is 0 Å². The van der Waals surface area contributed by atoms with Gasteiger partial charge >= 0.3 is 0 Å². The van der Waals surface area contributed by atoms with Crippen LogP contribution in [0, 0.1) is 0 Å². The summed E-state index contributed by atoms with van der Waals surface area (Å²) in [7, 11) is 0. The molecule has 0 aromatic rings. The lowest BCUT2D eigenvalue weighted by atomic mass is 10.1. The second kappa shape index (κ2) is 31.2. The van der Waals surface area contributed by atoms with Gasteiger partial charge in [-0.3, -0.25) is 0 Å². The summed E-state index contributed by atoms with van der Waals surface area (Å²) in [5.41, 5.74) is 0. The maximum atomic E-state index is 2.46. The van der Waals surface area contributed by atoms with Crippen molar-refractivity contribution in [3.8, 4) is 0 Å². The van der Waals surface area contributed by atoms with Crippen LogP contribution in [0.2, 0.25) is 0 Å². The van der Waals surface area contributed by atoms with Gasteiger partial charge in [0, 0.05) is 0 Å². The maximum absolute atomic E-state index is 2.46. The molecule has 0 amide bonds. The van der Waals surface area contributed by atoms with Gasteiger partial charge in [0.2, 0.25) is 0 Å². The van der Waals surface area contributed by atoms with Crippen molar-refractivity contribution in [2.24, 2.45) is 0 Å². The Bertz CT molecular complexity index is 628. The molecule has 4 heteroatoms. The Balaban J connectivity index is 4.10. The van der Waals surface area contributed by atoms with Gasteiger partial charge < -0.3 is 17.9 Å². The smallest absolute Gasteiger partial charge is 0.0786 e. The van der Waals surface area contributed by atoms with Crippen LogP contribution in [0.25, 0.3) is 0 Å². The molecule has 4 nitrogen and oxygen atoms in total. The van der Waals surface area contributed by atoms with Gasteiger partial charge in [0.15, 0.2) is 0 Å². The van der Waals surface area contributed by atoms with E-state index in [1.54, 1.807) is 0 Å². The van der Waals surface area contributed by atoms with Gasteiger partial charge in [-0.25, -0.2) is 0 Å². The molecule has 0 aromatic heterocycles. The minimum atomic E-state index is 1.30. The van der Waals surface area contributed by atoms with Crippen LogP contribution in [0.1, 0.15) is 198 Å². The average molecular weight is 711 g/mol. The molecule has 302 valence electrons. The number of hydrogen-bond acceptors (Lipinski definition) is 0. The zero-order valence-corrected chi connectivity index (χ0v) is 37.2. The minimum absolute atomic E-state index is 1.30. The predicted molar refractivity (Wildman–Crippen MR) is 228 cm³/mol. The fourth-order valence-electron chi connectivity index (χ4n) is 9.38. The molecule has 0 unspecified atom stereocenters. The van der Waals surface area contributed by atoms with Crippen LogP contribution in [-0.2, 0) is 0 Å². The van der Waals surface area contributed by atoms with Crippen molar-refractivity contribution in [3.05, 3.63) is 0 Å². The van der Waals surface area contributed by atoms with Gasteiger partial charge in [-0.2, -0.15) is 0 Å². The van der Waals surface area contributed by atoms with E-state index in [-0.39, 0.29) is 0 Å². The second-order valence-electron chi connectivity index (χ2n) is 16.9. The highest BCUT2D eigenvalue weighted by Gasteiger charge is 2.24. The van der Waals surface area contributed by atoms with Gasteiger partial charge in [0.05, 0.1) is 105 Å². The fourth-order valence-corrected chi connectivity index (χ4v) is 9.38. The summed E-state index contributed by atoms with van der Waals surface area (Å²) >= 11 is 0. The molecule has 0 radical (unpaired) electrons. The van der Waals surface area contributed by atoms with Crippen LogP contribution in [-0.4, -0.2) is 123 Å². The molecule has 0 spiro atoms. The molecule has 0 aliphatic rings. The Kier molecular flexibility index (Phi) is 31.1. The molecule has 0 heterocycles. The van der Waals surface area contributed by atoms with Crippen LogP contribution < -0.4 is 0 Å². The van der Waals surface area contributed by atoms with E-state index in [2.05, 4.69) is 69.2 Å². The Morgan fingerprint density at radius 3 is 0.420 bits per heavy atom. The summed E-state index contributed by atoms with van der Waals surface area (Å²) in [6.45, 7) is 45.7. The number of hydrogen-bond donors (Lipinski definition) is 0. The first-order valence-corrected chi connectivity index (χ1v) is 23.6. The van der Waals surface area contributed by atoms with E-state index in [9.17, 15) is 0 Å². The molecular formula is C46H102N4+4.